The van der Waals surface area contributed by atoms with Gasteiger partial charge in [0.25, 0.3) is 5.91 Å². The van der Waals surface area contributed by atoms with Crippen LogP contribution in [0.3, 0.4) is 0 Å². The fourth-order valence-corrected chi connectivity index (χ4v) is 2.19. The molecular formula is C11H8ClFN2OS. The molecule has 88 valence electrons. The van der Waals surface area contributed by atoms with Crippen LogP contribution in [0.4, 0.5) is 9.52 Å². The largest absolute Gasteiger partial charge is 0.287 e. The molecule has 0 fully saturated rings. The van der Waals surface area contributed by atoms with Gasteiger partial charge in [-0.25, -0.2) is 9.37 Å². The Hall–Kier alpha value is -1.46. The highest BCUT2D eigenvalue weighted by molar-refractivity contribution is 7.13. The van der Waals surface area contributed by atoms with Crippen molar-refractivity contribution in [2.24, 2.45) is 0 Å². The summed E-state index contributed by atoms with van der Waals surface area (Å²) < 4.78 is 13.6. The van der Waals surface area contributed by atoms with Gasteiger partial charge in [-0.15, -0.1) is 11.3 Å². The second kappa shape index (κ2) is 4.81. The molecule has 0 radical (unpaired) electrons. The lowest BCUT2D eigenvalue weighted by Gasteiger charge is -2.14. The van der Waals surface area contributed by atoms with Gasteiger partial charge in [-0.3, -0.25) is 9.69 Å². The number of hydrogen-bond acceptors (Lipinski definition) is 3. The number of aromatic nitrogens is 1. The molecule has 0 bridgehead atoms. The Labute approximate surface area is 106 Å². The SMILES string of the molecule is CN(C(=O)c1c(F)cccc1Cl)c1nccs1. The van der Waals surface area contributed by atoms with E-state index in [1.54, 1.807) is 11.6 Å². The van der Waals surface area contributed by atoms with Crippen molar-refractivity contribution in [3.05, 3.63) is 46.2 Å². The first-order chi connectivity index (χ1) is 8.11. The second-order valence-corrected chi connectivity index (χ2v) is 4.56. The standard InChI is InChI=1S/C11H8ClFN2OS/c1-15(11-14-5-6-17-11)10(16)9-7(12)3-2-4-8(9)13/h2-6H,1H3. The zero-order valence-corrected chi connectivity index (χ0v) is 10.4. The Morgan fingerprint density at radius 1 is 1.53 bits per heavy atom. The predicted molar refractivity (Wildman–Crippen MR) is 66.3 cm³/mol. The number of carbonyl (C=O) groups excluding carboxylic acids is 1. The van der Waals surface area contributed by atoms with Crippen LogP contribution in [0.1, 0.15) is 10.4 Å². The number of benzene rings is 1. The Morgan fingerprint density at radius 3 is 2.88 bits per heavy atom. The molecule has 2 rings (SSSR count). The number of nitrogens with zero attached hydrogens (tertiary/aromatic N) is 2. The average Bonchev–Trinajstić information content (AvgIpc) is 2.81. The van der Waals surface area contributed by atoms with E-state index < -0.39 is 11.7 Å². The van der Waals surface area contributed by atoms with Crippen molar-refractivity contribution in [3.63, 3.8) is 0 Å². The molecule has 0 N–H and O–H groups in total. The third-order valence-electron chi connectivity index (χ3n) is 2.19. The Morgan fingerprint density at radius 2 is 2.29 bits per heavy atom. The first kappa shape index (κ1) is 12.0. The van der Waals surface area contributed by atoms with Crippen LogP contribution in [0, 0.1) is 5.82 Å². The zero-order valence-electron chi connectivity index (χ0n) is 8.85. The van der Waals surface area contributed by atoms with E-state index in [0.717, 1.165) is 0 Å². The molecule has 0 saturated heterocycles. The maximum Gasteiger partial charge on any atom is 0.264 e. The summed E-state index contributed by atoms with van der Waals surface area (Å²) in [7, 11) is 1.53. The van der Waals surface area contributed by atoms with Crippen LogP contribution in [0.5, 0.6) is 0 Å². The van der Waals surface area contributed by atoms with Gasteiger partial charge in [-0.05, 0) is 12.1 Å². The molecule has 1 amide bonds. The number of rotatable bonds is 2. The van der Waals surface area contributed by atoms with Gasteiger partial charge in [0.05, 0.1) is 10.6 Å². The highest BCUT2D eigenvalue weighted by Crippen LogP contribution is 2.24. The van der Waals surface area contributed by atoms with Gasteiger partial charge in [0.2, 0.25) is 0 Å². The summed E-state index contributed by atoms with van der Waals surface area (Å²) in [6, 6.07) is 4.14. The molecule has 0 aliphatic rings. The van der Waals surface area contributed by atoms with Gasteiger partial charge in [-0.2, -0.15) is 0 Å². The molecule has 1 heterocycles. The van der Waals surface area contributed by atoms with E-state index in [0.29, 0.717) is 5.13 Å². The number of halogens is 2. The quantitative estimate of drug-likeness (QED) is 0.839. The van der Waals surface area contributed by atoms with Gasteiger partial charge in [-0.1, -0.05) is 17.7 Å². The fourth-order valence-electron chi connectivity index (χ4n) is 1.34. The van der Waals surface area contributed by atoms with Gasteiger partial charge in [0.1, 0.15) is 5.82 Å². The van der Waals surface area contributed by atoms with Gasteiger partial charge >= 0.3 is 0 Å². The molecular weight excluding hydrogens is 263 g/mol. The summed E-state index contributed by atoms with van der Waals surface area (Å²) in [5.41, 5.74) is -0.133. The van der Waals surface area contributed by atoms with Gasteiger partial charge < -0.3 is 0 Å². The molecule has 0 aliphatic heterocycles. The molecule has 0 aliphatic carbocycles. The van der Waals surface area contributed by atoms with Gasteiger partial charge in [0, 0.05) is 18.6 Å². The summed E-state index contributed by atoms with van der Waals surface area (Å²) in [5, 5.41) is 2.33. The number of thiazole rings is 1. The minimum atomic E-state index is -0.633. The molecule has 1 aromatic carbocycles. The lowest BCUT2D eigenvalue weighted by atomic mass is 10.2. The predicted octanol–water partition coefficient (Wildman–Crippen LogP) is 3.21. The summed E-state index contributed by atoms with van der Waals surface area (Å²) in [4.78, 5) is 17.3. The third kappa shape index (κ3) is 2.30. The third-order valence-corrected chi connectivity index (χ3v) is 3.35. The number of hydrogen-bond donors (Lipinski definition) is 0. The number of anilines is 1. The molecule has 17 heavy (non-hydrogen) atoms. The lowest BCUT2D eigenvalue weighted by Crippen LogP contribution is -2.27. The second-order valence-electron chi connectivity index (χ2n) is 3.28. The molecule has 0 spiro atoms. The van der Waals surface area contributed by atoms with E-state index in [9.17, 15) is 9.18 Å². The van der Waals surface area contributed by atoms with Crippen molar-refractivity contribution in [2.45, 2.75) is 0 Å². The monoisotopic (exact) mass is 270 g/mol. The van der Waals surface area contributed by atoms with E-state index in [2.05, 4.69) is 4.98 Å². The Balaban J connectivity index is 2.38. The smallest absolute Gasteiger partial charge is 0.264 e. The van der Waals surface area contributed by atoms with Crippen LogP contribution in [-0.2, 0) is 0 Å². The summed E-state index contributed by atoms with van der Waals surface area (Å²) in [6.07, 6.45) is 1.58. The number of carbonyl (C=O) groups is 1. The Kier molecular flexibility index (Phi) is 3.40. The average molecular weight is 271 g/mol. The molecule has 0 unspecified atom stereocenters. The maximum absolute atomic E-state index is 13.6. The van der Waals surface area contributed by atoms with Crippen molar-refractivity contribution in [3.8, 4) is 0 Å². The van der Waals surface area contributed by atoms with Crippen molar-refractivity contribution >= 4 is 34.0 Å². The van der Waals surface area contributed by atoms with E-state index >= 15 is 0 Å². The van der Waals surface area contributed by atoms with Crippen molar-refractivity contribution in [2.75, 3.05) is 11.9 Å². The summed E-state index contributed by atoms with van der Waals surface area (Å²) >= 11 is 7.12. The molecule has 6 heteroatoms. The number of amides is 1. The van der Waals surface area contributed by atoms with E-state index in [1.165, 1.54) is 41.5 Å². The molecule has 3 nitrogen and oxygen atoms in total. The van der Waals surface area contributed by atoms with Crippen LogP contribution in [0.25, 0.3) is 0 Å². The highest BCUT2D eigenvalue weighted by Gasteiger charge is 2.21. The highest BCUT2D eigenvalue weighted by atomic mass is 35.5. The molecule has 1 aromatic heterocycles. The summed E-state index contributed by atoms with van der Waals surface area (Å²) in [6.45, 7) is 0. The van der Waals surface area contributed by atoms with Crippen molar-refractivity contribution in [1.82, 2.24) is 4.98 Å². The minimum Gasteiger partial charge on any atom is -0.287 e. The lowest BCUT2D eigenvalue weighted by molar-refractivity contribution is 0.0989. The molecule has 0 saturated carbocycles. The van der Waals surface area contributed by atoms with Crippen LogP contribution >= 0.6 is 22.9 Å². The fraction of sp³-hybridized carbons (Fsp3) is 0.0909. The van der Waals surface area contributed by atoms with Crippen LogP contribution in [-0.4, -0.2) is 17.9 Å². The van der Waals surface area contributed by atoms with E-state index in [4.69, 9.17) is 11.6 Å². The van der Waals surface area contributed by atoms with Crippen molar-refractivity contribution < 1.29 is 9.18 Å². The first-order valence-electron chi connectivity index (χ1n) is 4.73. The molecule has 0 atom stereocenters. The Bertz CT molecular complexity index is 524. The normalized spacial score (nSPS) is 10.3. The van der Waals surface area contributed by atoms with Crippen LogP contribution in [0.2, 0.25) is 5.02 Å². The minimum absolute atomic E-state index is 0.0957. The zero-order chi connectivity index (χ0) is 12.4. The maximum atomic E-state index is 13.6. The van der Waals surface area contributed by atoms with Crippen molar-refractivity contribution in [1.29, 1.82) is 0 Å². The summed E-state index contributed by atoms with van der Waals surface area (Å²) in [5.74, 6) is -1.14. The topological polar surface area (TPSA) is 33.2 Å². The van der Waals surface area contributed by atoms with Crippen LogP contribution in [0.15, 0.2) is 29.8 Å². The van der Waals surface area contributed by atoms with Gasteiger partial charge in [0.15, 0.2) is 5.13 Å². The van der Waals surface area contributed by atoms with Crippen LogP contribution < -0.4 is 4.90 Å². The van der Waals surface area contributed by atoms with E-state index in [1.807, 2.05) is 0 Å². The first-order valence-corrected chi connectivity index (χ1v) is 5.98. The molecule has 2 aromatic rings. The van der Waals surface area contributed by atoms with E-state index in [-0.39, 0.29) is 10.6 Å².